The fraction of sp³-hybridized carbons (Fsp3) is 0.200. The molecule has 0 aliphatic heterocycles. The SMILES string of the molecule is NCC(COc1ccccc1)=NNC(N)=O. The van der Waals surface area contributed by atoms with Crippen LogP contribution >= 0.6 is 0 Å². The smallest absolute Gasteiger partial charge is 0.332 e. The summed E-state index contributed by atoms with van der Waals surface area (Å²) < 4.78 is 5.39. The number of para-hydroxylation sites is 1. The summed E-state index contributed by atoms with van der Waals surface area (Å²) in [5.41, 5.74) is 12.9. The van der Waals surface area contributed by atoms with Gasteiger partial charge in [0.25, 0.3) is 0 Å². The predicted molar refractivity (Wildman–Crippen MR) is 61.1 cm³/mol. The third-order valence-corrected chi connectivity index (χ3v) is 1.71. The van der Waals surface area contributed by atoms with Crippen LogP contribution in [0, 0.1) is 0 Å². The molecule has 1 aromatic rings. The van der Waals surface area contributed by atoms with Gasteiger partial charge in [-0.3, -0.25) is 0 Å². The summed E-state index contributed by atoms with van der Waals surface area (Å²) in [6.07, 6.45) is 0. The van der Waals surface area contributed by atoms with Crippen molar-refractivity contribution in [3.8, 4) is 5.75 Å². The number of nitrogens with two attached hydrogens (primary N) is 2. The summed E-state index contributed by atoms with van der Waals surface area (Å²) in [4.78, 5) is 10.4. The fourth-order valence-corrected chi connectivity index (χ4v) is 0.954. The maximum absolute atomic E-state index is 10.4. The van der Waals surface area contributed by atoms with Crippen LogP contribution in [0.25, 0.3) is 0 Å². The molecule has 1 aromatic carbocycles. The number of ether oxygens (including phenoxy) is 1. The Bertz CT molecular complexity index is 364. The largest absolute Gasteiger partial charge is 0.488 e. The molecule has 0 saturated heterocycles. The first-order valence-electron chi connectivity index (χ1n) is 4.71. The normalized spacial score (nSPS) is 10.9. The highest BCUT2D eigenvalue weighted by molar-refractivity contribution is 5.88. The second-order valence-electron chi connectivity index (χ2n) is 2.96. The van der Waals surface area contributed by atoms with E-state index in [0.717, 1.165) is 0 Å². The van der Waals surface area contributed by atoms with Gasteiger partial charge in [0.2, 0.25) is 0 Å². The molecule has 16 heavy (non-hydrogen) atoms. The fourth-order valence-electron chi connectivity index (χ4n) is 0.954. The lowest BCUT2D eigenvalue weighted by Crippen LogP contribution is -2.30. The maximum atomic E-state index is 10.4. The van der Waals surface area contributed by atoms with Crippen LogP contribution in [0.4, 0.5) is 4.79 Å². The Morgan fingerprint density at radius 2 is 2.06 bits per heavy atom. The van der Waals surface area contributed by atoms with Crippen LogP contribution in [-0.4, -0.2) is 24.9 Å². The van der Waals surface area contributed by atoms with Crippen LogP contribution in [0.5, 0.6) is 5.75 Å². The van der Waals surface area contributed by atoms with Crippen LogP contribution in [0.3, 0.4) is 0 Å². The van der Waals surface area contributed by atoms with Crippen LogP contribution < -0.4 is 21.6 Å². The number of hydrogen-bond acceptors (Lipinski definition) is 4. The van der Waals surface area contributed by atoms with Crippen molar-refractivity contribution >= 4 is 11.7 Å². The van der Waals surface area contributed by atoms with E-state index in [4.69, 9.17) is 16.2 Å². The number of hydrogen-bond donors (Lipinski definition) is 3. The summed E-state index contributed by atoms with van der Waals surface area (Å²) in [6, 6.07) is 8.50. The zero-order valence-corrected chi connectivity index (χ0v) is 8.72. The molecular weight excluding hydrogens is 208 g/mol. The van der Waals surface area contributed by atoms with Gasteiger partial charge in [-0.15, -0.1) is 0 Å². The molecule has 0 radical (unpaired) electrons. The summed E-state index contributed by atoms with van der Waals surface area (Å²) in [5, 5.41) is 3.70. The number of amides is 2. The van der Waals surface area contributed by atoms with Crippen molar-refractivity contribution < 1.29 is 9.53 Å². The first-order valence-corrected chi connectivity index (χ1v) is 4.71. The highest BCUT2D eigenvalue weighted by Crippen LogP contribution is 2.07. The molecular formula is C10H14N4O2. The lowest BCUT2D eigenvalue weighted by Gasteiger charge is -2.06. The molecule has 0 aliphatic carbocycles. The Morgan fingerprint density at radius 3 is 2.62 bits per heavy atom. The van der Waals surface area contributed by atoms with E-state index in [1.807, 2.05) is 30.3 Å². The number of carbonyl (C=O) groups excluding carboxylic acids is 1. The van der Waals surface area contributed by atoms with E-state index in [0.29, 0.717) is 11.5 Å². The van der Waals surface area contributed by atoms with Gasteiger partial charge in [0.1, 0.15) is 12.4 Å². The van der Waals surface area contributed by atoms with Gasteiger partial charge in [0.05, 0.1) is 5.71 Å². The van der Waals surface area contributed by atoms with Gasteiger partial charge >= 0.3 is 6.03 Å². The topological polar surface area (TPSA) is 103 Å². The predicted octanol–water partition coefficient (Wildman–Crippen LogP) is 0.0484. The molecule has 0 fully saturated rings. The van der Waals surface area contributed by atoms with Crippen molar-refractivity contribution in [2.24, 2.45) is 16.6 Å². The third kappa shape index (κ3) is 4.43. The average molecular weight is 222 g/mol. The molecule has 6 heteroatoms. The lowest BCUT2D eigenvalue weighted by molar-refractivity contribution is 0.249. The van der Waals surface area contributed by atoms with Crippen molar-refractivity contribution in [3.63, 3.8) is 0 Å². The van der Waals surface area contributed by atoms with E-state index in [9.17, 15) is 4.79 Å². The van der Waals surface area contributed by atoms with Gasteiger partial charge in [-0.2, -0.15) is 5.10 Å². The van der Waals surface area contributed by atoms with Crippen molar-refractivity contribution in [3.05, 3.63) is 30.3 Å². The molecule has 86 valence electrons. The van der Waals surface area contributed by atoms with Gasteiger partial charge in [-0.25, -0.2) is 10.2 Å². The molecule has 5 N–H and O–H groups in total. The molecule has 0 spiro atoms. The minimum absolute atomic E-state index is 0.188. The zero-order chi connectivity index (χ0) is 11.8. The number of nitrogens with zero attached hydrogens (tertiary/aromatic N) is 1. The summed E-state index contributed by atoms with van der Waals surface area (Å²) in [5.74, 6) is 0.711. The molecule has 6 nitrogen and oxygen atoms in total. The van der Waals surface area contributed by atoms with Gasteiger partial charge in [0, 0.05) is 6.54 Å². The summed E-state index contributed by atoms with van der Waals surface area (Å²) in [6.45, 7) is 0.397. The molecule has 0 bridgehead atoms. The van der Waals surface area contributed by atoms with Crippen molar-refractivity contribution in [1.82, 2.24) is 5.43 Å². The molecule has 0 heterocycles. The van der Waals surface area contributed by atoms with Gasteiger partial charge < -0.3 is 16.2 Å². The Labute approximate surface area is 93.3 Å². The van der Waals surface area contributed by atoms with Crippen LogP contribution in [0.1, 0.15) is 0 Å². The lowest BCUT2D eigenvalue weighted by atomic mass is 10.3. The number of rotatable bonds is 5. The van der Waals surface area contributed by atoms with Gasteiger partial charge in [-0.1, -0.05) is 18.2 Å². The third-order valence-electron chi connectivity index (χ3n) is 1.71. The monoisotopic (exact) mass is 222 g/mol. The van der Waals surface area contributed by atoms with E-state index in [-0.39, 0.29) is 13.2 Å². The molecule has 2 amide bonds. The number of carbonyl (C=O) groups is 1. The van der Waals surface area contributed by atoms with E-state index < -0.39 is 6.03 Å². The second-order valence-corrected chi connectivity index (χ2v) is 2.96. The minimum atomic E-state index is -0.731. The Morgan fingerprint density at radius 1 is 1.38 bits per heavy atom. The number of urea groups is 1. The summed E-state index contributed by atoms with van der Waals surface area (Å²) >= 11 is 0. The minimum Gasteiger partial charge on any atom is -0.488 e. The highest BCUT2D eigenvalue weighted by atomic mass is 16.5. The Kier molecular flexibility index (Phi) is 4.81. The number of nitrogens with one attached hydrogen (secondary N) is 1. The first-order chi connectivity index (χ1) is 7.72. The van der Waals surface area contributed by atoms with Crippen LogP contribution in [-0.2, 0) is 0 Å². The summed E-state index contributed by atoms with van der Waals surface area (Å²) in [7, 11) is 0. The average Bonchev–Trinajstić information content (AvgIpc) is 2.30. The highest BCUT2D eigenvalue weighted by Gasteiger charge is 1.99. The molecule has 0 unspecified atom stereocenters. The van der Waals surface area contributed by atoms with Crippen molar-refractivity contribution in [2.75, 3.05) is 13.2 Å². The molecule has 0 aromatic heterocycles. The number of hydrazone groups is 1. The van der Waals surface area contributed by atoms with Gasteiger partial charge in [0.15, 0.2) is 0 Å². The van der Waals surface area contributed by atoms with Crippen molar-refractivity contribution in [2.45, 2.75) is 0 Å². The maximum Gasteiger partial charge on any atom is 0.332 e. The van der Waals surface area contributed by atoms with E-state index in [1.54, 1.807) is 0 Å². The zero-order valence-electron chi connectivity index (χ0n) is 8.72. The quantitative estimate of drug-likeness (QED) is 0.484. The van der Waals surface area contributed by atoms with Crippen LogP contribution in [0.2, 0.25) is 0 Å². The first kappa shape index (κ1) is 12.0. The van der Waals surface area contributed by atoms with Gasteiger partial charge in [-0.05, 0) is 12.1 Å². The standard InChI is InChI=1S/C10H14N4O2/c11-6-8(13-14-10(12)15)7-16-9-4-2-1-3-5-9/h1-5H,6-7,11H2,(H3,12,14,15). The molecule has 0 atom stereocenters. The molecule has 1 rings (SSSR count). The van der Waals surface area contributed by atoms with Crippen LogP contribution in [0.15, 0.2) is 35.4 Å². The van der Waals surface area contributed by atoms with E-state index in [2.05, 4.69) is 10.5 Å². The Hall–Kier alpha value is -2.08. The van der Waals surface area contributed by atoms with E-state index >= 15 is 0 Å². The Balaban J connectivity index is 2.46. The second kappa shape index (κ2) is 6.41. The number of benzene rings is 1. The van der Waals surface area contributed by atoms with E-state index in [1.165, 1.54) is 0 Å². The number of primary amides is 1. The molecule has 0 aliphatic rings. The molecule has 0 saturated carbocycles. The van der Waals surface area contributed by atoms with Crippen molar-refractivity contribution in [1.29, 1.82) is 0 Å².